The fourth-order valence-corrected chi connectivity index (χ4v) is 4.07. The van der Waals surface area contributed by atoms with Crippen LogP contribution in [-0.4, -0.2) is 41.5 Å². The second-order valence-electron chi connectivity index (χ2n) is 8.10. The van der Waals surface area contributed by atoms with Crippen molar-refractivity contribution in [2.75, 3.05) is 18.1 Å². The van der Waals surface area contributed by atoms with Gasteiger partial charge in [0, 0.05) is 46.8 Å². The molecule has 4 rings (SSSR count). The van der Waals surface area contributed by atoms with E-state index in [4.69, 9.17) is 16.3 Å². The maximum atomic E-state index is 13.1. The Morgan fingerprint density at radius 2 is 1.72 bits per heavy atom. The number of benzene rings is 3. The molecule has 0 saturated carbocycles. The zero-order valence-corrected chi connectivity index (χ0v) is 19.5. The Labute approximate surface area is 210 Å². The molecule has 182 valence electrons. The fraction of sp³-hybridized carbons (Fsp3) is 0.154. The molecule has 1 fully saturated rings. The highest BCUT2D eigenvalue weighted by atomic mass is 35.5. The van der Waals surface area contributed by atoms with Gasteiger partial charge in [-0.25, -0.2) is 0 Å². The first-order valence-electron chi connectivity index (χ1n) is 10.9. The van der Waals surface area contributed by atoms with Gasteiger partial charge in [0.2, 0.25) is 11.7 Å². The molecule has 0 aliphatic carbocycles. The standard InChI is InChI=1S/C26H19ClN2O7/c27-19-9-10-22(21(13-19)25(32)16-5-2-1-3-6-16)28-14-18(12-24(28)31)26(33)36-15-23(30)17-7-4-8-20(11-17)29(34)35/h1-11,13,18H,12,14-15H2/t18-/m1/s1. The highest BCUT2D eigenvalue weighted by molar-refractivity contribution is 6.31. The number of nitrogens with zero attached hydrogens (tertiary/aromatic N) is 2. The summed E-state index contributed by atoms with van der Waals surface area (Å²) in [5, 5.41) is 11.2. The van der Waals surface area contributed by atoms with E-state index in [1.807, 2.05) is 0 Å². The van der Waals surface area contributed by atoms with Crippen molar-refractivity contribution in [3.8, 4) is 0 Å². The number of Topliss-reactive ketones (excluding diaryl/α,β-unsaturated/α-hetero) is 1. The van der Waals surface area contributed by atoms with Crippen LogP contribution in [-0.2, 0) is 14.3 Å². The Bertz CT molecular complexity index is 1370. The predicted octanol–water partition coefficient (Wildman–Crippen LogP) is 4.26. The minimum atomic E-state index is -0.856. The number of hydrogen-bond acceptors (Lipinski definition) is 7. The molecule has 1 heterocycles. The third-order valence-electron chi connectivity index (χ3n) is 5.71. The van der Waals surface area contributed by atoms with Crippen LogP contribution in [0.15, 0.2) is 72.8 Å². The van der Waals surface area contributed by atoms with Crippen molar-refractivity contribution in [1.29, 1.82) is 0 Å². The van der Waals surface area contributed by atoms with E-state index in [1.54, 1.807) is 42.5 Å². The van der Waals surface area contributed by atoms with Crippen LogP contribution in [0, 0.1) is 16.0 Å². The van der Waals surface area contributed by atoms with Crippen molar-refractivity contribution in [3.63, 3.8) is 0 Å². The average molecular weight is 507 g/mol. The van der Waals surface area contributed by atoms with Gasteiger partial charge in [0.1, 0.15) is 0 Å². The van der Waals surface area contributed by atoms with Crippen LogP contribution in [0.5, 0.6) is 0 Å². The van der Waals surface area contributed by atoms with E-state index < -0.39 is 29.2 Å². The van der Waals surface area contributed by atoms with Crippen LogP contribution >= 0.6 is 11.6 Å². The van der Waals surface area contributed by atoms with Crippen molar-refractivity contribution in [2.45, 2.75) is 6.42 Å². The van der Waals surface area contributed by atoms with Crippen LogP contribution in [0.25, 0.3) is 0 Å². The van der Waals surface area contributed by atoms with Gasteiger partial charge in [-0.05, 0) is 18.2 Å². The lowest BCUT2D eigenvalue weighted by atomic mass is 10.0. The van der Waals surface area contributed by atoms with E-state index in [-0.39, 0.29) is 41.5 Å². The third kappa shape index (κ3) is 5.31. The number of nitro benzene ring substituents is 1. The van der Waals surface area contributed by atoms with Crippen LogP contribution < -0.4 is 4.90 Å². The Morgan fingerprint density at radius 1 is 1.00 bits per heavy atom. The normalized spacial score (nSPS) is 15.0. The molecule has 3 aromatic carbocycles. The molecule has 0 aromatic heterocycles. The zero-order valence-electron chi connectivity index (χ0n) is 18.8. The summed E-state index contributed by atoms with van der Waals surface area (Å²) in [6.07, 6.45) is -0.161. The number of carbonyl (C=O) groups excluding carboxylic acids is 4. The lowest BCUT2D eigenvalue weighted by Gasteiger charge is -2.20. The highest BCUT2D eigenvalue weighted by Gasteiger charge is 2.38. The molecule has 0 spiro atoms. The SMILES string of the molecule is O=C(COC(=O)[C@@H]1CC(=O)N(c2ccc(Cl)cc2C(=O)c2ccccc2)C1)c1cccc([N+](=O)[O-])c1. The second kappa shape index (κ2) is 10.5. The van der Waals surface area contributed by atoms with Gasteiger partial charge < -0.3 is 9.64 Å². The molecule has 1 aliphatic heterocycles. The minimum Gasteiger partial charge on any atom is -0.457 e. The average Bonchev–Trinajstić information content (AvgIpc) is 3.28. The molecule has 1 amide bonds. The third-order valence-corrected chi connectivity index (χ3v) is 5.95. The summed E-state index contributed by atoms with van der Waals surface area (Å²) in [5.74, 6) is -2.93. The molecule has 1 aliphatic rings. The molecular formula is C26H19ClN2O7. The largest absolute Gasteiger partial charge is 0.457 e. The van der Waals surface area contributed by atoms with Crippen molar-refractivity contribution >= 4 is 46.4 Å². The lowest BCUT2D eigenvalue weighted by Crippen LogP contribution is -2.28. The summed E-state index contributed by atoms with van der Waals surface area (Å²) in [7, 11) is 0. The van der Waals surface area contributed by atoms with E-state index >= 15 is 0 Å². The molecule has 0 unspecified atom stereocenters. The van der Waals surface area contributed by atoms with Crippen molar-refractivity contribution in [1.82, 2.24) is 0 Å². The number of amides is 1. The number of ether oxygens (including phenoxy) is 1. The lowest BCUT2D eigenvalue weighted by molar-refractivity contribution is -0.384. The summed E-state index contributed by atoms with van der Waals surface area (Å²) in [6, 6.07) is 18.2. The number of ketones is 2. The highest BCUT2D eigenvalue weighted by Crippen LogP contribution is 2.32. The topological polar surface area (TPSA) is 124 Å². The second-order valence-corrected chi connectivity index (χ2v) is 8.54. The fourth-order valence-electron chi connectivity index (χ4n) is 3.90. The number of anilines is 1. The summed E-state index contributed by atoms with van der Waals surface area (Å²) in [6.45, 7) is -0.664. The van der Waals surface area contributed by atoms with Gasteiger partial charge in [0.05, 0.1) is 16.5 Å². The number of esters is 1. The van der Waals surface area contributed by atoms with E-state index in [9.17, 15) is 29.3 Å². The molecule has 36 heavy (non-hydrogen) atoms. The molecule has 10 heteroatoms. The molecule has 0 bridgehead atoms. The summed E-state index contributed by atoms with van der Waals surface area (Å²) in [4.78, 5) is 62.5. The quantitative estimate of drug-likeness (QED) is 0.193. The van der Waals surface area contributed by atoms with Crippen LogP contribution in [0.3, 0.4) is 0 Å². The number of nitro groups is 1. The maximum absolute atomic E-state index is 13.1. The van der Waals surface area contributed by atoms with Gasteiger partial charge >= 0.3 is 5.97 Å². The molecule has 1 saturated heterocycles. The van der Waals surface area contributed by atoms with Crippen LogP contribution in [0.1, 0.15) is 32.7 Å². The van der Waals surface area contributed by atoms with Gasteiger partial charge in [0.25, 0.3) is 5.69 Å². The van der Waals surface area contributed by atoms with Gasteiger partial charge in [-0.1, -0.05) is 54.1 Å². The van der Waals surface area contributed by atoms with E-state index in [0.717, 1.165) is 6.07 Å². The van der Waals surface area contributed by atoms with E-state index in [1.165, 1.54) is 29.2 Å². The predicted molar refractivity (Wildman–Crippen MR) is 130 cm³/mol. The first kappa shape index (κ1) is 24.7. The molecular weight excluding hydrogens is 488 g/mol. The summed E-state index contributed by atoms with van der Waals surface area (Å²) >= 11 is 6.12. The number of rotatable bonds is 8. The minimum absolute atomic E-state index is 0.0337. The summed E-state index contributed by atoms with van der Waals surface area (Å²) in [5.41, 5.74) is 0.737. The first-order chi connectivity index (χ1) is 17.2. The van der Waals surface area contributed by atoms with Crippen LogP contribution in [0.4, 0.5) is 11.4 Å². The molecule has 0 N–H and O–H groups in total. The van der Waals surface area contributed by atoms with E-state index in [0.29, 0.717) is 16.3 Å². The molecule has 1 atom stereocenters. The number of non-ortho nitro benzene ring substituents is 1. The smallest absolute Gasteiger partial charge is 0.311 e. The summed E-state index contributed by atoms with van der Waals surface area (Å²) < 4.78 is 5.12. The Kier molecular flexibility index (Phi) is 7.21. The Morgan fingerprint density at radius 3 is 2.44 bits per heavy atom. The van der Waals surface area contributed by atoms with Crippen LogP contribution in [0.2, 0.25) is 5.02 Å². The van der Waals surface area contributed by atoms with Gasteiger partial charge in [-0.3, -0.25) is 29.3 Å². The Hall–Kier alpha value is -4.37. The Balaban J connectivity index is 1.46. The number of halogens is 1. The number of hydrogen-bond donors (Lipinski definition) is 0. The van der Waals surface area contributed by atoms with Gasteiger partial charge in [0.15, 0.2) is 12.4 Å². The first-order valence-corrected chi connectivity index (χ1v) is 11.3. The van der Waals surface area contributed by atoms with Crippen molar-refractivity contribution < 1.29 is 28.8 Å². The zero-order chi connectivity index (χ0) is 25.8. The molecule has 3 aromatic rings. The maximum Gasteiger partial charge on any atom is 0.311 e. The van der Waals surface area contributed by atoms with Crippen molar-refractivity contribution in [2.24, 2.45) is 5.92 Å². The van der Waals surface area contributed by atoms with Gasteiger partial charge in [-0.2, -0.15) is 0 Å². The van der Waals surface area contributed by atoms with Crippen molar-refractivity contribution in [3.05, 3.63) is 105 Å². The van der Waals surface area contributed by atoms with Gasteiger partial charge in [-0.15, -0.1) is 0 Å². The number of carbonyl (C=O) groups is 4. The monoisotopic (exact) mass is 506 g/mol. The molecule has 9 nitrogen and oxygen atoms in total. The van der Waals surface area contributed by atoms with E-state index in [2.05, 4.69) is 0 Å². The molecule has 0 radical (unpaired) electrons.